The van der Waals surface area contributed by atoms with Gasteiger partial charge in [-0.2, -0.15) is 4.98 Å². The molecule has 0 aliphatic carbocycles. The number of aromatic nitrogens is 3. The van der Waals surface area contributed by atoms with Gasteiger partial charge in [-0.05, 0) is 61.0 Å². The van der Waals surface area contributed by atoms with E-state index in [1.165, 1.54) is 0 Å². The van der Waals surface area contributed by atoms with Crippen LogP contribution in [0.1, 0.15) is 15.9 Å². The van der Waals surface area contributed by atoms with Crippen LogP contribution in [-0.4, -0.2) is 48.1 Å². The molecule has 0 atom stereocenters. The molecule has 34 heavy (non-hydrogen) atoms. The lowest BCUT2D eigenvalue weighted by molar-refractivity contribution is 0.102. The third kappa shape index (κ3) is 5.24. The number of anilines is 1. The van der Waals surface area contributed by atoms with Crippen LogP contribution in [0.3, 0.4) is 0 Å². The lowest BCUT2D eigenvalue weighted by Gasteiger charge is -2.10. The summed E-state index contributed by atoms with van der Waals surface area (Å²) in [6, 6.07) is 22.6. The first-order chi connectivity index (χ1) is 16.6. The molecule has 0 unspecified atom stereocenters. The molecule has 0 fully saturated rings. The maximum atomic E-state index is 12.6. The Morgan fingerprint density at radius 3 is 2.35 bits per heavy atom. The number of benzene rings is 3. The Kier molecular flexibility index (Phi) is 7.19. The second-order valence-electron chi connectivity index (χ2n) is 7.52. The van der Waals surface area contributed by atoms with Crippen molar-refractivity contribution in [2.24, 2.45) is 0 Å². The van der Waals surface area contributed by atoms with Crippen LogP contribution in [0.4, 0.5) is 5.69 Å². The van der Waals surface area contributed by atoms with Gasteiger partial charge in [-0.25, -0.2) is 4.68 Å². The molecule has 3 aromatic carbocycles. The SMILES string of the molecule is COCCOc1nc(-c2ccccc2C)n(-c2ccc(NC(=O)c3ccc(OC)cc3)cc2)n1. The smallest absolute Gasteiger partial charge is 0.336 e. The van der Waals surface area contributed by atoms with Gasteiger partial charge < -0.3 is 19.5 Å². The lowest BCUT2D eigenvalue weighted by atomic mass is 10.1. The van der Waals surface area contributed by atoms with Crippen molar-refractivity contribution in [2.75, 3.05) is 32.8 Å². The van der Waals surface area contributed by atoms with E-state index in [-0.39, 0.29) is 11.9 Å². The Bertz CT molecular complexity index is 1250. The highest BCUT2D eigenvalue weighted by Gasteiger charge is 2.16. The molecule has 0 aliphatic heterocycles. The minimum atomic E-state index is -0.203. The van der Waals surface area contributed by atoms with E-state index in [0.29, 0.717) is 36.0 Å². The van der Waals surface area contributed by atoms with Crippen molar-refractivity contribution in [3.05, 3.63) is 83.9 Å². The number of nitrogens with one attached hydrogen (secondary N) is 1. The highest BCUT2D eigenvalue weighted by Crippen LogP contribution is 2.27. The van der Waals surface area contributed by atoms with Gasteiger partial charge in [0.25, 0.3) is 5.91 Å². The fourth-order valence-electron chi connectivity index (χ4n) is 3.38. The van der Waals surface area contributed by atoms with Crippen LogP contribution < -0.4 is 14.8 Å². The van der Waals surface area contributed by atoms with E-state index in [4.69, 9.17) is 14.2 Å². The van der Waals surface area contributed by atoms with E-state index in [0.717, 1.165) is 16.8 Å². The first-order valence-electron chi connectivity index (χ1n) is 10.8. The summed E-state index contributed by atoms with van der Waals surface area (Å²) in [6.45, 7) is 2.82. The minimum Gasteiger partial charge on any atom is -0.497 e. The fourth-order valence-corrected chi connectivity index (χ4v) is 3.38. The zero-order valence-electron chi connectivity index (χ0n) is 19.3. The van der Waals surface area contributed by atoms with Crippen LogP contribution >= 0.6 is 0 Å². The number of hydrogen-bond donors (Lipinski definition) is 1. The molecular formula is C26H26N4O4. The number of amides is 1. The van der Waals surface area contributed by atoms with Crippen LogP contribution in [0.25, 0.3) is 17.1 Å². The summed E-state index contributed by atoms with van der Waals surface area (Å²) in [6.07, 6.45) is 0. The Balaban J connectivity index is 1.58. The Morgan fingerprint density at radius 2 is 1.68 bits per heavy atom. The number of hydrogen-bond acceptors (Lipinski definition) is 6. The van der Waals surface area contributed by atoms with Gasteiger partial charge in [-0.3, -0.25) is 4.79 Å². The van der Waals surface area contributed by atoms with Gasteiger partial charge in [-0.15, -0.1) is 5.10 Å². The molecule has 0 saturated heterocycles. The molecule has 0 radical (unpaired) electrons. The summed E-state index contributed by atoms with van der Waals surface area (Å²) in [5.74, 6) is 1.16. The highest BCUT2D eigenvalue weighted by atomic mass is 16.5. The molecule has 4 rings (SSSR count). The van der Waals surface area contributed by atoms with Gasteiger partial charge >= 0.3 is 6.01 Å². The molecule has 0 saturated carbocycles. The van der Waals surface area contributed by atoms with E-state index in [1.54, 1.807) is 43.2 Å². The highest BCUT2D eigenvalue weighted by molar-refractivity contribution is 6.04. The number of aryl methyl sites for hydroxylation is 1. The average Bonchev–Trinajstić information content (AvgIpc) is 3.29. The molecular weight excluding hydrogens is 432 g/mol. The molecule has 1 heterocycles. The second kappa shape index (κ2) is 10.6. The van der Waals surface area contributed by atoms with Crippen LogP contribution in [0, 0.1) is 6.92 Å². The van der Waals surface area contributed by atoms with Crippen LogP contribution in [0.15, 0.2) is 72.8 Å². The third-order valence-corrected chi connectivity index (χ3v) is 5.21. The fraction of sp³-hybridized carbons (Fsp3) is 0.192. The van der Waals surface area contributed by atoms with Crippen molar-refractivity contribution in [1.82, 2.24) is 14.8 Å². The Labute approximate surface area is 198 Å². The summed E-state index contributed by atoms with van der Waals surface area (Å²) in [5, 5.41) is 7.46. The van der Waals surface area contributed by atoms with Gasteiger partial charge in [0.05, 0.1) is 19.4 Å². The van der Waals surface area contributed by atoms with Crippen molar-refractivity contribution >= 4 is 11.6 Å². The average molecular weight is 459 g/mol. The number of carbonyl (C=O) groups is 1. The first kappa shape index (κ1) is 23.0. The minimum absolute atomic E-state index is 0.203. The molecule has 0 aliphatic rings. The number of ether oxygens (including phenoxy) is 3. The normalized spacial score (nSPS) is 10.7. The van der Waals surface area contributed by atoms with Crippen molar-refractivity contribution in [3.8, 4) is 28.8 Å². The number of carbonyl (C=O) groups excluding carboxylic acids is 1. The molecule has 1 aromatic heterocycles. The number of methoxy groups -OCH3 is 2. The van der Waals surface area contributed by atoms with E-state index >= 15 is 0 Å². The quantitative estimate of drug-likeness (QED) is 0.371. The zero-order valence-corrected chi connectivity index (χ0v) is 19.3. The zero-order chi connectivity index (χ0) is 23.9. The third-order valence-electron chi connectivity index (χ3n) is 5.21. The summed E-state index contributed by atoms with van der Waals surface area (Å²) < 4.78 is 17.6. The molecule has 1 N–H and O–H groups in total. The van der Waals surface area contributed by atoms with Crippen molar-refractivity contribution in [1.29, 1.82) is 0 Å². The molecule has 0 spiro atoms. The van der Waals surface area contributed by atoms with Crippen molar-refractivity contribution in [3.63, 3.8) is 0 Å². The van der Waals surface area contributed by atoms with Crippen LogP contribution in [-0.2, 0) is 4.74 Å². The number of nitrogens with zero attached hydrogens (tertiary/aromatic N) is 3. The molecule has 1 amide bonds. The van der Waals surface area contributed by atoms with Gasteiger partial charge in [-0.1, -0.05) is 24.3 Å². The van der Waals surface area contributed by atoms with Gasteiger partial charge in [0.15, 0.2) is 5.82 Å². The topological polar surface area (TPSA) is 87.5 Å². The van der Waals surface area contributed by atoms with E-state index in [1.807, 2.05) is 55.5 Å². The van der Waals surface area contributed by atoms with Crippen molar-refractivity contribution < 1.29 is 19.0 Å². The maximum absolute atomic E-state index is 12.6. The Morgan fingerprint density at radius 1 is 0.941 bits per heavy atom. The van der Waals surface area contributed by atoms with E-state index in [9.17, 15) is 4.79 Å². The first-order valence-corrected chi connectivity index (χ1v) is 10.8. The van der Waals surface area contributed by atoms with Gasteiger partial charge in [0.1, 0.15) is 12.4 Å². The summed E-state index contributed by atoms with van der Waals surface area (Å²) in [4.78, 5) is 17.2. The van der Waals surface area contributed by atoms with Crippen LogP contribution in [0.5, 0.6) is 11.8 Å². The summed E-state index contributed by atoms with van der Waals surface area (Å²) in [7, 11) is 3.20. The summed E-state index contributed by atoms with van der Waals surface area (Å²) >= 11 is 0. The molecule has 8 heteroatoms. The van der Waals surface area contributed by atoms with Crippen LogP contribution in [0.2, 0.25) is 0 Å². The molecule has 8 nitrogen and oxygen atoms in total. The van der Waals surface area contributed by atoms with Gasteiger partial charge in [0, 0.05) is 23.9 Å². The predicted octanol–water partition coefficient (Wildman–Crippen LogP) is 4.53. The number of rotatable bonds is 9. The standard InChI is InChI=1S/C26H26N4O4/c1-18-6-4-5-7-23(18)24-28-26(34-17-16-32-2)29-30(24)21-12-10-20(11-13-21)27-25(31)19-8-14-22(33-3)15-9-19/h4-15H,16-17H2,1-3H3,(H,27,31). The summed E-state index contributed by atoms with van der Waals surface area (Å²) in [5.41, 5.74) is 4.02. The monoisotopic (exact) mass is 458 g/mol. The largest absolute Gasteiger partial charge is 0.497 e. The van der Waals surface area contributed by atoms with E-state index in [2.05, 4.69) is 15.4 Å². The molecule has 0 bridgehead atoms. The van der Waals surface area contributed by atoms with Gasteiger partial charge in [0.2, 0.25) is 0 Å². The van der Waals surface area contributed by atoms with E-state index < -0.39 is 0 Å². The lowest BCUT2D eigenvalue weighted by Crippen LogP contribution is -2.11. The second-order valence-corrected chi connectivity index (χ2v) is 7.52. The molecule has 174 valence electrons. The maximum Gasteiger partial charge on any atom is 0.336 e. The Hall–Kier alpha value is -4.17. The molecule has 4 aromatic rings. The van der Waals surface area contributed by atoms with Crippen molar-refractivity contribution in [2.45, 2.75) is 6.92 Å². The predicted molar refractivity (Wildman–Crippen MR) is 130 cm³/mol.